The van der Waals surface area contributed by atoms with Gasteiger partial charge in [0.15, 0.2) is 11.5 Å². The fraction of sp³-hybridized carbons (Fsp3) is 0.240. The minimum absolute atomic E-state index is 0.151. The van der Waals surface area contributed by atoms with Crippen LogP contribution in [0.25, 0.3) is 11.3 Å². The van der Waals surface area contributed by atoms with Gasteiger partial charge < -0.3 is 10.5 Å². The molecule has 33 heavy (non-hydrogen) atoms. The second kappa shape index (κ2) is 7.56. The summed E-state index contributed by atoms with van der Waals surface area (Å²) < 4.78 is 19.8. The van der Waals surface area contributed by atoms with Crippen molar-refractivity contribution in [1.82, 2.24) is 9.88 Å². The first-order valence-corrected chi connectivity index (χ1v) is 10.9. The summed E-state index contributed by atoms with van der Waals surface area (Å²) in [5.74, 6) is 0.0889. The topological polar surface area (TPSA) is 80.8 Å². The Morgan fingerprint density at radius 1 is 1.21 bits per heavy atom. The number of likely N-dealkylation sites (N-methyl/N-ethyl adjacent to an activating group) is 1. The lowest BCUT2D eigenvalue weighted by Crippen LogP contribution is -2.51. The van der Waals surface area contributed by atoms with Gasteiger partial charge >= 0.3 is 0 Å². The summed E-state index contributed by atoms with van der Waals surface area (Å²) in [6.07, 6.45) is 2.34. The molecule has 0 fully saturated rings. The molecule has 1 amide bonds. The van der Waals surface area contributed by atoms with Crippen LogP contribution in [0.15, 0.2) is 65.8 Å². The first kappa shape index (κ1) is 21.4. The maximum atomic E-state index is 13.5. The lowest BCUT2D eigenvalue weighted by molar-refractivity contribution is -0.133. The first-order chi connectivity index (χ1) is 15.7. The van der Waals surface area contributed by atoms with Crippen LogP contribution in [0.1, 0.15) is 24.5 Å². The largest absolute Gasteiger partial charge is 0.485 e. The van der Waals surface area contributed by atoms with Crippen molar-refractivity contribution in [2.24, 2.45) is 10.7 Å². The van der Waals surface area contributed by atoms with E-state index in [1.807, 2.05) is 31.2 Å². The van der Waals surface area contributed by atoms with Crippen LogP contribution < -0.4 is 10.5 Å². The lowest BCUT2D eigenvalue weighted by atomic mass is 9.75. The molecule has 2 N–H and O–H groups in total. The number of aromatic nitrogens is 1. The average Bonchev–Trinajstić information content (AvgIpc) is 2.99. The van der Waals surface area contributed by atoms with Gasteiger partial charge in [-0.15, -0.1) is 0 Å². The molecule has 168 valence electrons. The van der Waals surface area contributed by atoms with Crippen LogP contribution in [0.4, 0.5) is 4.39 Å². The number of hydrogen-bond acceptors (Lipinski definition) is 5. The zero-order valence-electron chi connectivity index (χ0n) is 18.2. The molecule has 0 bridgehead atoms. The summed E-state index contributed by atoms with van der Waals surface area (Å²) in [5, 5.41) is 0.587. The third-order valence-corrected chi connectivity index (χ3v) is 6.45. The zero-order valence-corrected chi connectivity index (χ0v) is 18.9. The Labute approximate surface area is 195 Å². The minimum atomic E-state index is -1.24. The number of nitrogens with two attached hydrogens (primary N) is 1. The SMILES string of the molecule is CN1C(=O)[C@]2(C[C@@](C)(Cc3ccc(F)cc3)Oc3cnc(-c4cccc(Cl)c4)cc32)N=C1N. The maximum absolute atomic E-state index is 13.5. The number of carbonyl (C=O) groups is 1. The summed E-state index contributed by atoms with van der Waals surface area (Å²) >= 11 is 6.17. The zero-order chi connectivity index (χ0) is 23.4. The van der Waals surface area contributed by atoms with Gasteiger partial charge in [0.05, 0.1) is 11.9 Å². The number of benzene rings is 2. The Morgan fingerprint density at radius 2 is 1.97 bits per heavy atom. The van der Waals surface area contributed by atoms with Crippen LogP contribution in [0, 0.1) is 5.82 Å². The number of nitrogens with zero attached hydrogens (tertiary/aromatic N) is 3. The molecule has 0 radical (unpaired) electrons. The quantitative estimate of drug-likeness (QED) is 0.626. The number of amides is 1. The summed E-state index contributed by atoms with van der Waals surface area (Å²) in [7, 11) is 1.61. The molecule has 1 aromatic heterocycles. The number of halogens is 2. The lowest BCUT2D eigenvalue weighted by Gasteiger charge is -2.43. The molecule has 0 unspecified atom stereocenters. The van der Waals surface area contributed by atoms with Crippen molar-refractivity contribution in [1.29, 1.82) is 0 Å². The van der Waals surface area contributed by atoms with Crippen molar-refractivity contribution in [3.63, 3.8) is 0 Å². The average molecular weight is 465 g/mol. The van der Waals surface area contributed by atoms with Gasteiger partial charge in [0.2, 0.25) is 0 Å². The van der Waals surface area contributed by atoms with Crippen LogP contribution in [-0.4, -0.2) is 34.4 Å². The number of aliphatic imine (C=N–C) groups is 1. The predicted octanol–water partition coefficient (Wildman–Crippen LogP) is 4.31. The van der Waals surface area contributed by atoms with Gasteiger partial charge in [0.25, 0.3) is 5.91 Å². The Balaban J connectivity index is 1.63. The molecule has 5 rings (SSSR count). The van der Waals surface area contributed by atoms with Gasteiger partial charge in [-0.25, -0.2) is 9.38 Å². The fourth-order valence-corrected chi connectivity index (χ4v) is 4.90. The van der Waals surface area contributed by atoms with E-state index >= 15 is 0 Å². The van der Waals surface area contributed by atoms with Crippen LogP contribution in [-0.2, 0) is 16.8 Å². The highest BCUT2D eigenvalue weighted by Gasteiger charge is 2.56. The number of guanidine groups is 1. The van der Waals surface area contributed by atoms with Crippen molar-refractivity contribution in [3.8, 4) is 17.0 Å². The van der Waals surface area contributed by atoms with Crippen LogP contribution in [0.5, 0.6) is 5.75 Å². The minimum Gasteiger partial charge on any atom is -0.485 e. The van der Waals surface area contributed by atoms with E-state index in [1.165, 1.54) is 17.0 Å². The normalized spacial score (nSPS) is 23.9. The van der Waals surface area contributed by atoms with Crippen molar-refractivity contribution < 1.29 is 13.9 Å². The third-order valence-electron chi connectivity index (χ3n) is 6.22. The van der Waals surface area contributed by atoms with Crippen LogP contribution in [0.3, 0.4) is 0 Å². The van der Waals surface area contributed by atoms with Gasteiger partial charge in [-0.1, -0.05) is 35.9 Å². The standard InChI is InChI=1S/C25H22ClFN4O2/c1-24(12-15-6-8-18(27)9-7-15)14-25(22(32)31(2)23(28)30-25)19-11-20(29-13-21(19)33-24)16-4-3-5-17(26)10-16/h3-11,13H,12,14H2,1-2H3,(H2,28,30)/t24-,25-/m1/s1. The molecule has 1 spiro atoms. The van der Waals surface area contributed by atoms with E-state index < -0.39 is 11.1 Å². The number of hydrogen-bond donors (Lipinski definition) is 1. The second-order valence-electron chi connectivity index (χ2n) is 8.80. The van der Waals surface area contributed by atoms with E-state index in [2.05, 4.69) is 9.98 Å². The molecular weight excluding hydrogens is 443 g/mol. The summed E-state index contributed by atoms with van der Waals surface area (Å²) in [6.45, 7) is 1.92. The predicted molar refractivity (Wildman–Crippen MR) is 125 cm³/mol. The van der Waals surface area contributed by atoms with Gasteiger partial charge in [-0.05, 0) is 42.8 Å². The highest BCUT2D eigenvalue weighted by atomic mass is 35.5. The Bertz CT molecular complexity index is 1300. The van der Waals surface area contributed by atoms with E-state index in [9.17, 15) is 9.18 Å². The summed E-state index contributed by atoms with van der Waals surface area (Å²) in [6, 6.07) is 15.4. The molecule has 3 heterocycles. The Hall–Kier alpha value is -3.45. The number of ether oxygens (including phenoxy) is 1. The molecule has 2 aliphatic heterocycles. The number of pyridine rings is 1. The summed E-state index contributed by atoms with van der Waals surface area (Å²) in [4.78, 5) is 24.1. The molecule has 0 saturated carbocycles. The molecule has 0 saturated heterocycles. The van der Waals surface area contributed by atoms with Crippen LogP contribution in [0.2, 0.25) is 5.02 Å². The van der Waals surface area contributed by atoms with Gasteiger partial charge in [-0.3, -0.25) is 14.7 Å². The third kappa shape index (κ3) is 3.62. The smallest absolute Gasteiger partial charge is 0.261 e. The van der Waals surface area contributed by atoms with Gasteiger partial charge in [-0.2, -0.15) is 0 Å². The molecule has 2 atom stereocenters. The van der Waals surface area contributed by atoms with Gasteiger partial charge in [0, 0.05) is 36.0 Å². The highest BCUT2D eigenvalue weighted by molar-refractivity contribution is 6.30. The number of carbonyl (C=O) groups excluding carboxylic acids is 1. The van der Waals surface area contributed by atoms with Crippen molar-refractivity contribution in [2.45, 2.75) is 30.9 Å². The van der Waals surface area contributed by atoms with E-state index in [0.29, 0.717) is 28.5 Å². The molecule has 2 aliphatic rings. The first-order valence-electron chi connectivity index (χ1n) is 10.5. The monoisotopic (exact) mass is 464 g/mol. The Kier molecular flexibility index (Phi) is 4.90. The van der Waals surface area contributed by atoms with E-state index in [1.54, 1.807) is 31.4 Å². The highest BCUT2D eigenvalue weighted by Crippen LogP contribution is 2.50. The number of fused-ring (bicyclic) bond motifs is 2. The van der Waals surface area contributed by atoms with E-state index in [4.69, 9.17) is 22.1 Å². The maximum Gasteiger partial charge on any atom is 0.261 e. The van der Waals surface area contributed by atoms with Crippen molar-refractivity contribution >= 4 is 23.5 Å². The molecule has 0 aliphatic carbocycles. The molecule has 3 aromatic rings. The second-order valence-corrected chi connectivity index (χ2v) is 9.24. The van der Waals surface area contributed by atoms with E-state index in [-0.39, 0.29) is 24.1 Å². The molecule has 8 heteroatoms. The fourth-order valence-electron chi connectivity index (χ4n) is 4.71. The van der Waals surface area contributed by atoms with E-state index in [0.717, 1.165) is 11.1 Å². The number of rotatable bonds is 3. The summed E-state index contributed by atoms with van der Waals surface area (Å²) in [5.41, 5.74) is 7.03. The van der Waals surface area contributed by atoms with Crippen molar-refractivity contribution in [2.75, 3.05) is 7.05 Å². The van der Waals surface area contributed by atoms with Gasteiger partial charge in [0.1, 0.15) is 17.2 Å². The molecular formula is C25H22ClFN4O2. The Morgan fingerprint density at radius 3 is 2.64 bits per heavy atom. The molecule has 6 nitrogen and oxygen atoms in total. The van der Waals surface area contributed by atoms with Crippen molar-refractivity contribution in [3.05, 3.63) is 82.8 Å². The van der Waals surface area contributed by atoms with Crippen LogP contribution >= 0.6 is 11.6 Å². The molecule has 2 aromatic carbocycles.